The number of guanidine groups is 1. The van der Waals surface area contributed by atoms with E-state index >= 15 is 0 Å². The summed E-state index contributed by atoms with van der Waals surface area (Å²) in [6.07, 6.45) is 0.840. The van der Waals surface area contributed by atoms with Gasteiger partial charge in [0.05, 0.1) is 14.2 Å². The van der Waals surface area contributed by atoms with Gasteiger partial charge in [-0.1, -0.05) is 18.2 Å². The normalized spacial score (nSPS) is 11.3. The third-order valence-corrected chi connectivity index (χ3v) is 4.43. The quantitative estimate of drug-likeness (QED) is 0.597. The average Bonchev–Trinajstić information content (AvgIpc) is 2.69. The van der Waals surface area contributed by atoms with Crippen LogP contribution < -0.4 is 14.8 Å². The summed E-state index contributed by atoms with van der Waals surface area (Å²) in [6.45, 7) is 3.15. The highest BCUT2D eigenvalue weighted by molar-refractivity contribution is 5.79. The first-order valence-corrected chi connectivity index (χ1v) is 8.86. The number of nitrogens with zero attached hydrogens (tertiary/aromatic N) is 2. The van der Waals surface area contributed by atoms with Crippen molar-refractivity contribution in [3.63, 3.8) is 0 Å². The van der Waals surface area contributed by atoms with E-state index in [-0.39, 0.29) is 5.82 Å². The summed E-state index contributed by atoms with van der Waals surface area (Å²) in [4.78, 5) is 6.39. The van der Waals surface area contributed by atoms with Gasteiger partial charge in [-0.3, -0.25) is 4.99 Å². The van der Waals surface area contributed by atoms with Crippen LogP contribution in [0.2, 0.25) is 0 Å². The van der Waals surface area contributed by atoms with Gasteiger partial charge in [0, 0.05) is 27.2 Å². The molecule has 0 aliphatic rings. The van der Waals surface area contributed by atoms with Crippen LogP contribution >= 0.6 is 0 Å². The van der Waals surface area contributed by atoms with Crippen LogP contribution in [0.3, 0.4) is 0 Å². The van der Waals surface area contributed by atoms with Gasteiger partial charge >= 0.3 is 0 Å². The van der Waals surface area contributed by atoms with Crippen LogP contribution in [0, 0.1) is 12.7 Å². The predicted octanol–water partition coefficient (Wildman–Crippen LogP) is 3.40. The Morgan fingerprint density at radius 3 is 2.41 bits per heavy atom. The molecule has 0 saturated carbocycles. The van der Waals surface area contributed by atoms with Crippen molar-refractivity contribution >= 4 is 5.96 Å². The molecule has 2 rings (SSSR count). The van der Waals surface area contributed by atoms with E-state index < -0.39 is 0 Å². The van der Waals surface area contributed by atoms with Gasteiger partial charge in [0.15, 0.2) is 17.5 Å². The van der Waals surface area contributed by atoms with Crippen LogP contribution in [-0.2, 0) is 13.0 Å². The first kappa shape index (κ1) is 20.6. The highest BCUT2D eigenvalue weighted by atomic mass is 19.1. The summed E-state index contributed by atoms with van der Waals surface area (Å²) in [6, 6.07) is 11.1. The van der Waals surface area contributed by atoms with Crippen molar-refractivity contribution in [2.24, 2.45) is 4.99 Å². The largest absolute Gasteiger partial charge is 0.493 e. The predicted molar refractivity (Wildman–Crippen MR) is 107 cm³/mol. The molecule has 2 aromatic carbocycles. The smallest absolute Gasteiger partial charge is 0.193 e. The van der Waals surface area contributed by atoms with Crippen LogP contribution in [0.5, 0.6) is 11.5 Å². The van der Waals surface area contributed by atoms with Crippen LogP contribution in [-0.4, -0.2) is 45.7 Å². The number of methoxy groups -OCH3 is 2. The van der Waals surface area contributed by atoms with Crippen molar-refractivity contribution in [3.8, 4) is 11.5 Å². The van der Waals surface area contributed by atoms with Crippen LogP contribution in [0.4, 0.5) is 4.39 Å². The Balaban J connectivity index is 1.93. The number of ether oxygens (including phenoxy) is 2. The van der Waals surface area contributed by atoms with Crippen LogP contribution in [0.15, 0.2) is 41.4 Å². The van der Waals surface area contributed by atoms with Crippen molar-refractivity contribution in [1.82, 2.24) is 10.2 Å². The fourth-order valence-corrected chi connectivity index (χ4v) is 2.82. The summed E-state index contributed by atoms with van der Waals surface area (Å²) < 4.78 is 24.0. The highest BCUT2D eigenvalue weighted by Gasteiger charge is 2.09. The minimum absolute atomic E-state index is 0.185. The van der Waals surface area contributed by atoms with Crippen molar-refractivity contribution < 1.29 is 13.9 Å². The maximum atomic E-state index is 13.4. The van der Waals surface area contributed by atoms with Gasteiger partial charge in [-0.05, 0) is 48.2 Å². The lowest BCUT2D eigenvalue weighted by Gasteiger charge is -2.22. The lowest BCUT2D eigenvalue weighted by molar-refractivity contribution is 0.354. The number of halogens is 1. The third-order valence-electron chi connectivity index (χ3n) is 4.43. The van der Waals surface area contributed by atoms with Crippen molar-refractivity contribution in [1.29, 1.82) is 0 Å². The first-order valence-electron chi connectivity index (χ1n) is 8.86. The third kappa shape index (κ3) is 5.61. The molecule has 146 valence electrons. The van der Waals surface area contributed by atoms with Gasteiger partial charge in [0.2, 0.25) is 0 Å². The van der Waals surface area contributed by atoms with Crippen LogP contribution in [0.1, 0.15) is 16.7 Å². The highest BCUT2D eigenvalue weighted by Crippen LogP contribution is 2.27. The molecule has 0 fully saturated rings. The van der Waals surface area contributed by atoms with Gasteiger partial charge in [-0.2, -0.15) is 0 Å². The van der Waals surface area contributed by atoms with Gasteiger partial charge in [-0.15, -0.1) is 0 Å². The van der Waals surface area contributed by atoms with E-state index in [1.54, 1.807) is 34.3 Å². The Kier molecular flexibility index (Phi) is 7.46. The molecular weight excluding hydrogens is 345 g/mol. The molecule has 0 saturated heterocycles. The number of hydrogen-bond acceptors (Lipinski definition) is 3. The number of nitrogens with one attached hydrogen (secondary N) is 1. The Labute approximate surface area is 160 Å². The van der Waals surface area contributed by atoms with E-state index in [0.717, 1.165) is 41.6 Å². The molecule has 0 amide bonds. The molecule has 0 unspecified atom stereocenters. The number of aliphatic imine (C=N–C) groups is 1. The number of aryl methyl sites for hydroxylation is 1. The molecule has 0 bridgehead atoms. The number of likely N-dealkylation sites (N-methyl/N-ethyl adjacent to an activating group) is 1. The lowest BCUT2D eigenvalue weighted by atomic mass is 10.1. The Morgan fingerprint density at radius 2 is 1.78 bits per heavy atom. The molecule has 5 nitrogen and oxygen atoms in total. The van der Waals surface area contributed by atoms with Gasteiger partial charge in [-0.25, -0.2) is 4.39 Å². The molecule has 27 heavy (non-hydrogen) atoms. The summed E-state index contributed by atoms with van der Waals surface area (Å²) in [7, 11) is 7.01. The summed E-state index contributed by atoms with van der Waals surface area (Å²) >= 11 is 0. The molecular formula is C21H28FN3O2. The van der Waals surface area contributed by atoms with Crippen molar-refractivity contribution in [3.05, 3.63) is 58.9 Å². The second kappa shape index (κ2) is 9.80. The zero-order valence-corrected chi connectivity index (χ0v) is 16.7. The first-order chi connectivity index (χ1) is 13.0. The van der Waals surface area contributed by atoms with E-state index in [9.17, 15) is 4.39 Å². The zero-order valence-electron chi connectivity index (χ0n) is 16.7. The van der Waals surface area contributed by atoms with Gasteiger partial charge in [0.25, 0.3) is 0 Å². The monoisotopic (exact) mass is 373 g/mol. The van der Waals surface area contributed by atoms with Crippen molar-refractivity contribution in [2.75, 3.05) is 34.9 Å². The Bertz CT molecular complexity index is 793. The second-order valence-electron chi connectivity index (χ2n) is 6.35. The maximum absolute atomic E-state index is 13.4. The Hall–Kier alpha value is -2.76. The summed E-state index contributed by atoms with van der Waals surface area (Å²) in [5, 5.41) is 3.32. The summed E-state index contributed by atoms with van der Waals surface area (Å²) in [5.41, 5.74) is 2.82. The van der Waals surface area contributed by atoms with Gasteiger partial charge in [0.1, 0.15) is 5.82 Å². The van der Waals surface area contributed by atoms with E-state index in [0.29, 0.717) is 12.1 Å². The van der Waals surface area contributed by atoms with Crippen LogP contribution in [0.25, 0.3) is 0 Å². The fourth-order valence-electron chi connectivity index (χ4n) is 2.82. The van der Waals surface area contributed by atoms with E-state index in [4.69, 9.17) is 9.47 Å². The molecule has 1 N–H and O–H groups in total. The number of rotatable bonds is 7. The average molecular weight is 373 g/mol. The minimum Gasteiger partial charge on any atom is -0.493 e. The molecule has 0 atom stereocenters. The number of hydrogen-bond donors (Lipinski definition) is 1. The molecule has 0 aliphatic carbocycles. The Morgan fingerprint density at radius 1 is 1.07 bits per heavy atom. The molecule has 0 spiro atoms. The van der Waals surface area contributed by atoms with E-state index in [1.165, 1.54) is 6.07 Å². The van der Waals surface area contributed by atoms with Crippen molar-refractivity contribution in [2.45, 2.75) is 19.9 Å². The summed E-state index contributed by atoms with van der Waals surface area (Å²) in [5.74, 6) is 2.06. The second-order valence-corrected chi connectivity index (χ2v) is 6.35. The van der Waals surface area contributed by atoms with E-state index in [1.807, 2.05) is 31.3 Å². The standard InChI is InChI=1S/C21H28FN3O2/c1-15-12-17(6-8-18(15)22)14-24-21(23-2)25(3)11-10-16-7-9-19(26-4)20(13-16)27-5/h6-9,12-13H,10-11,14H2,1-5H3,(H,23,24). The topological polar surface area (TPSA) is 46.1 Å². The zero-order chi connectivity index (χ0) is 19.8. The SMILES string of the molecule is CN=C(NCc1ccc(F)c(C)c1)N(C)CCc1ccc(OC)c(OC)c1. The molecule has 6 heteroatoms. The molecule has 0 aromatic heterocycles. The maximum Gasteiger partial charge on any atom is 0.193 e. The molecule has 0 aliphatic heterocycles. The molecule has 2 aromatic rings. The van der Waals surface area contributed by atoms with Gasteiger partial charge < -0.3 is 19.7 Å². The number of benzene rings is 2. The molecule has 0 heterocycles. The lowest BCUT2D eigenvalue weighted by Crippen LogP contribution is -2.39. The minimum atomic E-state index is -0.185. The molecule has 0 radical (unpaired) electrons. The fraction of sp³-hybridized carbons (Fsp3) is 0.381. The van der Waals surface area contributed by atoms with E-state index in [2.05, 4.69) is 15.2 Å².